The van der Waals surface area contributed by atoms with Crippen LogP contribution in [0, 0.1) is 0 Å². The zero-order chi connectivity index (χ0) is 16.6. The van der Waals surface area contributed by atoms with Crippen molar-refractivity contribution in [3.8, 4) is 0 Å². The van der Waals surface area contributed by atoms with Crippen molar-refractivity contribution in [1.29, 1.82) is 0 Å². The van der Waals surface area contributed by atoms with E-state index in [9.17, 15) is 8.42 Å². The normalized spacial score (nSPS) is 14.6. The molecule has 2 aromatic rings. The summed E-state index contributed by atoms with van der Waals surface area (Å²) in [5.74, 6) is 0.323. The Balaban J connectivity index is 2.02. The first-order valence-corrected chi connectivity index (χ1v) is 9.50. The molecule has 1 heterocycles. The van der Waals surface area contributed by atoms with Gasteiger partial charge in [-0.2, -0.15) is 4.98 Å². The first-order valence-electron chi connectivity index (χ1n) is 6.90. The molecule has 1 aliphatic carbocycles. The molecular formula is C14H14Cl2N4O2S. The topological polar surface area (TPSA) is 75.2 Å². The van der Waals surface area contributed by atoms with Gasteiger partial charge in [0.25, 0.3) is 0 Å². The van der Waals surface area contributed by atoms with Crippen LogP contribution in [-0.2, 0) is 10.0 Å². The largest absolute Gasteiger partial charge is 0.337 e. The van der Waals surface area contributed by atoms with Crippen molar-refractivity contribution >= 4 is 50.4 Å². The third-order valence-corrected chi connectivity index (χ3v) is 5.01. The minimum absolute atomic E-state index is 0.00240. The first-order chi connectivity index (χ1) is 10.9. The number of benzene rings is 1. The number of halogens is 2. The molecular weight excluding hydrogens is 359 g/mol. The fraction of sp³-hybridized carbons (Fsp3) is 0.286. The Hall–Kier alpha value is -1.57. The standard InChI is InChI=1S/C14H14Cl2N4O2S/c1-23(21,22)20(9-6-7-9)12-5-3-2-4-11(12)18-13-10(15)8-17-14(16)19-13/h2-5,8-9H,6-7H2,1H3,(H,17,18,19). The molecule has 23 heavy (non-hydrogen) atoms. The van der Waals surface area contributed by atoms with Crippen LogP contribution in [0.1, 0.15) is 12.8 Å². The number of para-hydroxylation sites is 2. The molecule has 6 nitrogen and oxygen atoms in total. The SMILES string of the molecule is CS(=O)(=O)N(c1ccccc1Nc1nc(Cl)ncc1Cl)C1CC1. The fourth-order valence-electron chi connectivity index (χ4n) is 2.29. The van der Waals surface area contributed by atoms with E-state index >= 15 is 0 Å². The van der Waals surface area contributed by atoms with E-state index in [-0.39, 0.29) is 11.3 Å². The molecule has 122 valence electrons. The van der Waals surface area contributed by atoms with Gasteiger partial charge in [0, 0.05) is 6.04 Å². The van der Waals surface area contributed by atoms with Crippen molar-refractivity contribution in [3.63, 3.8) is 0 Å². The highest BCUT2D eigenvalue weighted by Crippen LogP contribution is 2.39. The fourth-order valence-corrected chi connectivity index (χ4v) is 3.83. The van der Waals surface area contributed by atoms with E-state index in [0.29, 0.717) is 22.2 Å². The molecule has 1 aromatic heterocycles. The number of rotatable bonds is 5. The third kappa shape index (κ3) is 3.68. The molecule has 1 aliphatic rings. The van der Waals surface area contributed by atoms with Gasteiger partial charge in [0.05, 0.1) is 23.8 Å². The van der Waals surface area contributed by atoms with Crippen LogP contribution in [0.3, 0.4) is 0 Å². The summed E-state index contributed by atoms with van der Waals surface area (Å²) < 4.78 is 25.8. The van der Waals surface area contributed by atoms with Crippen LogP contribution in [0.25, 0.3) is 0 Å². The zero-order valence-corrected chi connectivity index (χ0v) is 14.5. The van der Waals surface area contributed by atoms with Crippen molar-refractivity contribution in [2.24, 2.45) is 0 Å². The predicted octanol–water partition coefficient (Wildman–Crippen LogP) is 3.46. The molecule has 0 amide bonds. The molecule has 0 unspecified atom stereocenters. The van der Waals surface area contributed by atoms with Crippen LogP contribution in [-0.4, -0.2) is 30.7 Å². The third-order valence-electron chi connectivity index (χ3n) is 3.35. The minimum Gasteiger partial charge on any atom is -0.337 e. The molecule has 1 saturated carbocycles. The number of sulfonamides is 1. The van der Waals surface area contributed by atoms with E-state index in [0.717, 1.165) is 12.8 Å². The average Bonchev–Trinajstić information content (AvgIpc) is 3.28. The van der Waals surface area contributed by atoms with Crippen LogP contribution >= 0.6 is 23.2 Å². The lowest BCUT2D eigenvalue weighted by Gasteiger charge is -2.25. The summed E-state index contributed by atoms with van der Waals surface area (Å²) in [6.07, 6.45) is 4.29. The lowest BCUT2D eigenvalue weighted by molar-refractivity contribution is 0.596. The second kappa shape index (κ2) is 6.14. The molecule has 9 heteroatoms. The molecule has 0 saturated heterocycles. The zero-order valence-electron chi connectivity index (χ0n) is 12.2. The van der Waals surface area contributed by atoms with E-state index in [4.69, 9.17) is 23.2 Å². The summed E-state index contributed by atoms with van der Waals surface area (Å²) in [6.45, 7) is 0. The maximum atomic E-state index is 12.2. The van der Waals surface area contributed by atoms with Crippen LogP contribution in [0.5, 0.6) is 0 Å². The second-order valence-electron chi connectivity index (χ2n) is 5.27. The second-order valence-corrected chi connectivity index (χ2v) is 7.87. The predicted molar refractivity (Wildman–Crippen MR) is 92.1 cm³/mol. The Kier molecular flexibility index (Phi) is 4.35. The molecule has 0 aliphatic heterocycles. The smallest absolute Gasteiger partial charge is 0.232 e. The van der Waals surface area contributed by atoms with Crippen LogP contribution in [0.15, 0.2) is 30.5 Å². The summed E-state index contributed by atoms with van der Waals surface area (Å²) in [6, 6.07) is 7.10. The van der Waals surface area contributed by atoms with E-state index < -0.39 is 10.0 Å². The lowest BCUT2D eigenvalue weighted by atomic mass is 10.2. The molecule has 1 fully saturated rings. The Morgan fingerprint density at radius 3 is 2.61 bits per heavy atom. The lowest BCUT2D eigenvalue weighted by Crippen LogP contribution is -2.32. The number of aromatic nitrogens is 2. The summed E-state index contributed by atoms with van der Waals surface area (Å²) in [5, 5.41) is 3.39. The van der Waals surface area contributed by atoms with E-state index in [2.05, 4.69) is 15.3 Å². The monoisotopic (exact) mass is 372 g/mol. The van der Waals surface area contributed by atoms with Gasteiger partial charge in [-0.05, 0) is 36.6 Å². The summed E-state index contributed by atoms with van der Waals surface area (Å²) in [7, 11) is -3.39. The van der Waals surface area contributed by atoms with Gasteiger partial charge in [-0.3, -0.25) is 4.31 Å². The van der Waals surface area contributed by atoms with Gasteiger partial charge in [0.15, 0.2) is 5.82 Å². The molecule has 3 rings (SSSR count). The molecule has 0 bridgehead atoms. The molecule has 0 atom stereocenters. The molecule has 0 radical (unpaired) electrons. The molecule has 1 aromatic carbocycles. The van der Waals surface area contributed by atoms with Crippen molar-refractivity contribution in [3.05, 3.63) is 40.8 Å². The highest BCUT2D eigenvalue weighted by molar-refractivity contribution is 7.92. The van der Waals surface area contributed by atoms with E-state index in [1.54, 1.807) is 24.3 Å². The van der Waals surface area contributed by atoms with Gasteiger partial charge in [-0.25, -0.2) is 13.4 Å². The van der Waals surface area contributed by atoms with Crippen molar-refractivity contribution in [2.75, 3.05) is 15.9 Å². The molecule has 1 N–H and O–H groups in total. The summed E-state index contributed by atoms with van der Waals surface area (Å²) in [4.78, 5) is 7.83. The summed E-state index contributed by atoms with van der Waals surface area (Å²) >= 11 is 11.9. The minimum atomic E-state index is -3.39. The number of nitrogens with one attached hydrogen (secondary N) is 1. The Labute approximate surface area is 144 Å². The average molecular weight is 373 g/mol. The van der Waals surface area contributed by atoms with Crippen LogP contribution < -0.4 is 9.62 Å². The number of hydrogen-bond donors (Lipinski definition) is 1. The maximum Gasteiger partial charge on any atom is 0.232 e. The molecule has 0 spiro atoms. The highest BCUT2D eigenvalue weighted by atomic mass is 35.5. The Morgan fingerprint density at radius 1 is 1.26 bits per heavy atom. The highest BCUT2D eigenvalue weighted by Gasteiger charge is 2.36. The van der Waals surface area contributed by atoms with E-state index in [1.165, 1.54) is 16.8 Å². The number of nitrogens with zero attached hydrogens (tertiary/aromatic N) is 3. The quantitative estimate of drug-likeness (QED) is 0.813. The van der Waals surface area contributed by atoms with Gasteiger partial charge in [-0.15, -0.1) is 0 Å². The Morgan fingerprint density at radius 2 is 1.96 bits per heavy atom. The van der Waals surface area contributed by atoms with Gasteiger partial charge >= 0.3 is 0 Å². The van der Waals surface area contributed by atoms with Crippen molar-refractivity contribution < 1.29 is 8.42 Å². The van der Waals surface area contributed by atoms with Crippen molar-refractivity contribution in [2.45, 2.75) is 18.9 Å². The number of anilines is 3. The Bertz CT molecular complexity index is 840. The first kappa shape index (κ1) is 16.3. The van der Waals surface area contributed by atoms with Crippen molar-refractivity contribution in [1.82, 2.24) is 9.97 Å². The van der Waals surface area contributed by atoms with Crippen LogP contribution in [0.4, 0.5) is 17.2 Å². The van der Waals surface area contributed by atoms with E-state index in [1.807, 2.05) is 0 Å². The van der Waals surface area contributed by atoms with Crippen LogP contribution in [0.2, 0.25) is 10.3 Å². The summed E-state index contributed by atoms with van der Waals surface area (Å²) in [5.41, 5.74) is 1.14. The van der Waals surface area contributed by atoms with Gasteiger partial charge < -0.3 is 5.32 Å². The van der Waals surface area contributed by atoms with Gasteiger partial charge in [-0.1, -0.05) is 23.7 Å². The maximum absolute atomic E-state index is 12.2. The van der Waals surface area contributed by atoms with Gasteiger partial charge in [0.2, 0.25) is 15.3 Å². The van der Waals surface area contributed by atoms with Gasteiger partial charge in [0.1, 0.15) is 5.02 Å². The number of hydrogen-bond acceptors (Lipinski definition) is 5.